The van der Waals surface area contributed by atoms with E-state index < -0.39 is 25.9 Å². The molecule has 0 aromatic heterocycles. The number of hydrogen-bond donors (Lipinski definition) is 1. The van der Waals surface area contributed by atoms with E-state index in [4.69, 9.17) is 4.55 Å². The van der Waals surface area contributed by atoms with Crippen LogP contribution in [0.4, 0.5) is 0 Å². The summed E-state index contributed by atoms with van der Waals surface area (Å²) in [6.45, 7) is 0. The molecule has 0 spiro atoms. The molecule has 0 bridgehead atoms. The van der Waals surface area contributed by atoms with Crippen molar-refractivity contribution in [2.24, 2.45) is 0 Å². The molecule has 0 aliphatic rings. The summed E-state index contributed by atoms with van der Waals surface area (Å²) < 4.78 is 38.9. The Hall–Kier alpha value is 0.0425. The van der Waals surface area contributed by atoms with Crippen molar-refractivity contribution < 1.29 is 20.0 Å². The molecule has 0 heterocycles. The van der Waals surface area contributed by atoms with Gasteiger partial charge in [0, 0.05) is 0 Å². The van der Waals surface area contributed by atoms with Crippen molar-refractivity contribution in [1.29, 1.82) is 0 Å². The normalized spacial score (nSPS) is 9.86. The standard InChI is InChI=1S/Al.H2O4S.O/c;1-5(2,3)4;/h;(H2,1,2,3,4);/q+1;;/p-1. The van der Waals surface area contributed by atoms with E-state index in [2.05, 4.69) is 3.23 Å². The van der Waals surface area contributed by atoms with E-state index in [1.54, 1.807) is 0 Å². The van der Waals surface area contributed by atoms with Gasteiger partial charge in [-0.2, -0.15) is 0 Å². The SMILES string of the molecule is [O]=[Al][O]S(=O)(=O)O. The van der Waals surface area contributed by atoms with Gasteiger partial charge < -0.3 is 0 Å². The van der Waals surface area contributed by atoms with Crippen LogP contribution >= 0.6 is 0 Å². The zero-order valence-corrected chi connectivity index (χ0v) is 5.04. The Morgan fingerprint density at radius 1 is 1.57 bits per heavy atom. The third-order valence-electron chi connectivity index (χ3n) is 0.161. The molecule has 40 valence electrons. The van der Waals surface area contributed by atoms with E-state index in [-0.39, 0.29) is 0 Å². The zero-order chi connectivity index (χ0) is 5.91. The molecule has 0 aliphatic heterocycles. The summed E-state index contributed by atoms with van der Waals surface area (Å²) in [5.41, 5.74) is 0. The van der Waals surface area contributed by atoms with Crippen LogP contribution in [0.3, 0.4) is 0 Å². The van der Waals surface area contributed by atoms with Crippen molar-refractivity contribution in [1.82, 2.24) is 0 Å². The molecule has 0 aliphatic carbocycles. The molecule has 7 heteroatoms. The molecule has 0 fully saturated rings. The third-order valence-corrected chi connectivity index (χ3v) is 1.45. The van der Waals surface area contributed by atoms with Crippen LogP contribution < -0.4 is 0 Å². The number of hydrogen-bond acceptors (Lipinski definition) is 4. The fourth-order valence-corrected chi connectivity index (χ4v) is 0.447. The molecule has 0 amide bonds. The fourth-order valence-electron chi connectivity index (χ4n) is 0.0496. The predicted octanol–water partition coefficient (Wildman–Crippen LogP) is -1.23. The molecule has 0 saturated heterocycles. The van der Waals surface area contributed by atoms with E-state index in [0.717, 1.165) is 0 Å². The van der Waals surface area contributed by atoms with Crippen molar-refractivity contribution in [3.8, 4) is 0 Å². The van der Waals surface area contributed by atoms with Crippen molar-refractivity contribution in [2.45, 2.75) is 0 Å². The Labute approximate surface area is 46.5 Å². The summed E-state index contributed by atoms with van der Waals surface area (Å²) in [4.78, 5) is 0. The molecule has 0 atom stereocenters. The van der Waals surface area contributed by atoms with Gasteiger partial charge in [-0.25, -0.2) is 0 Å². The number of rotatable bonds is 2. The van der Waals surface area contributed by atoms with Gasteiger partial charge in [0.1, 0.15) is 0 Å². The van der Waals surface area contributed by atoms with E-state index in [9.17, 15) is 12.2 Å². The van der Waals surface area contributed by atoms with E-state index in [1.165, 1.54) is 0 Å². The first-order valence-electron chi connectivity index (χ1n) is 1.15. The second-order valence-corrected chi connectivity index (χ2v) is 2.44. The van der Waals surface area contributed by atoms with Gasteiger partial charge >= 0.3 is 45.9 Å². The minimum absolute atomic E-state index is 1.88. The maximum absolute atomic E-state index is 9.39. The van der Waals surface area contributed by atoms with Gasteiger partial charge in [0.05, 0.1) is 0 Å². The molecule has 0 radical (unpaired) electrons. The molecule has 0 saturated carbocycles. The molecule has 1 N–H and O–H groups in total. The summed E-state index contributed by atoms with van der Waals surface area (Å²) in [6.07, 6.45) is 0. The molecule has 0 unspecified atom stereocenters. The fraction of sp³-hybridized carbons (Fsp3) is 0. The summed E-state index contributed by atoms with van der Waals surface area (Å²) in [7, 11) is -4.45. The van der Waals surface area contributed by atoms with Crippen LogP contribution in [-0.4, -0.2) is 28.5 Å². The molecule has 7 heavy (non-hydrogen) atoms. The third kappa shape index (κ3) is 6.04. The van der Waals surface area contributed by atoms with Crippen molar-refractivity contribution in [2.75, 3.05) is 0 Å². The van der Waals surface area contributed by atoms with E-state index in [1.807, 2.05) is 0 Å². The molecule has 5 nitrogen and oxygen atoms in total. The maximum atomic E-state index is 9.39. The summed E-state index contributed by atoms with van der Waals surface area (Å²) in [5, 5.41) is 0. The Bertz CT molecular complexity index is 141. The second kappa shape index (κ2) is 2.38. The molecule has 0 aromatic carbocycles. The van der Waals surface area contributed by atoms with Crippen molar-refractivity contribution in [3.05, 3.63) is 0 Å². The Morgan fingerprint density at radius 2 is 2.00 bits per heavy atom. The minimum atomic E-state index is -4.45. The first-order chi connectivity index (χ1) is 3.06. The molecule has 0 aromatic rings. The Morgan fingerprint density at radius 3 is 2.00 bits per heavy atom. The van der Waals surface area contributed by atoms with Gasteiger partial charge in [-0.15, -0.1) is 0 Å². The van der Waals surface area contributed by atoms with Crippen LogP contribution in [0.25, 0.3) is 0 Å². The van der Waals surface area contributed by atoms with Crippen molar-refractivity contribution in [3.63, 3.8) is 0 Å². The van der Waals surface area contributed by atoms with Gasteiger partial charge in [-0.05, 0) is 0 Å². The van der Waals surface area contributed by atoms with Gasteiger partial charge in [0.2, 0.25) is 0 Å². The topological polar surface area (TPSA) is 80.7 Å². The van der Waals surface area contributed by atoms with E-state index >= 15 is 0 Å². The molecular formula is HAlO5S. The quantitative estimate of drug-likeness (QED) is 0.383. The monoisotopic (exact) mass is 140 g/mol. The van der Waals surface area contributed by atoms with Crippen LogP contribution in [0, 0.1) is 0 Å². The zero-order valence-electron chi connectivity index (χ0n) is 3.07. The second-order valence-electron chi connectivity index (χ2n) is 0.620. The van der Waals surface area contributed by atoms with Crippen molar-refractivity contribution >= 4 is 25.9 Å². The van der Waals surface area contributed by atoms with Crippen LogP contribution in [-0.2, 0) is 17.4 Å². The molecule has 0 rings (SSSR count). The van der Waals surface area contributed by atoms with E-state index in [0.29, 0.717) is 0 Å². The summed E-state index contributed by atoms with van der Waals surface area (Å²) in [5.74, 6) is 0. The average molecular weight is 140 g/mol. The molecular weight excluding hydrogens is 139 g/mol. The van der Waals surface area contributed by atoms with Gasteiger partial charge in [-0.3, -0.25) is 0 Å². The summed E-state index contributed by atoms with van der Waals surface area (Å²) in [6, 6.07) is 0. The average Bonchev–Trinajstić information content (AvgIpc) is 1.30. The van der Waals surface area contributed by atoms with Crippen LogP contribution in [0.1, 0.15) is 0 Å². The Kier molecular flexibility index (Phi) is 2.39. The summed E-state index contributed by atoms with van der Waals surface area (Å²) >= 11 is -1.88. The van der Waals surface area contributed by atoms with Crippen LogP contribution in [0.15, 0.2) is 0 Å². The van der Waals surface area contributed by atoms with Crippen LogP contribution in [0.2, 0.25) is 0 Å². The van der Waals surface area contributed by atoms with Gasteiger partial charge in [0.25, 0.3) is 0 Å². The predicted molar refractivity (Wildman–Crippen MR) is 19.1 cm³/mol. The van der Waals surface area contributed by atoms with Crippen LogP contribution in [0.5, 0.6) is 0 Å². The van der Waals surface area contributed by atoms with Gasteiger partial charge in [-0.1, -0.05) is 0 Å². The first-order valence-corrected chi connectivity index (χ1v) is 3.46. The Balaban J connectivity index is 3.84. The van der Waals surface area contributed by atoms with Gasteiger partial charge in [0.15, 0.2) is 0 Å². The first kappa shape index (κ1) is 7.04.